The van der Waals surface area contributed by atoms with Crippen molar-refractivity contribution in [2.24, 2.45) is 0 Å². The molecule has 0 saturated carbocycles. The number of ether oxygens (including phenoxy) is 3. The van der Waals surface area contributed by atoms with Gasteiger partial charge in [0.1, 0.15) is 11.6 Å². The highest BCUT2D eigenvalue weighted by molar-refractivity contribution is 5.80. The second kappa shape index (κ2) is 7.81. The van der Waals surface area contributed by atoms with E-state index in [9.17, 15) is 23.5 Å². The van der Waals surface area contributed by atoms with Crippen molar-refractivity contribution < 1.29 is 37.7 Å². The molecule has 0 saturated heterocycles. The number of hydrogen-bond acceptors (Lipinski definition) is 5. The highest BCUT2D eigenvalue weighted by Gasteiger charge is 2.44. The lowest BCUT2D eigenvalue weighted by Crippen LogP contribution is -2.44. The Kier molecular flexibility index (Phi) is 5.56. The maximum Gasteiger partial charge on any atom is 0.586 e. The number of carbonyl (C=O) groups is 2. The van der Waals surface area contributed by atoms with Crippen molar-refractivity contribution in [1.29, 1.82) is 0 Å². The van der Waals surface area contributed by atoms with E-state index in [-0.39, 0.29) is 17.9 Å². The fourth-order valence-corrected chi connectivity index (χ4v) is 2.95. The summed E-state index contributed by atoms with van der Waals surface area (Å²) < 4.78 is 41.1. The molecule has 0 bridgehead atoms. The quantitative estimate of drug-likeness (QED) is 0.752. The summed E-state index contributed by atoms with van der Waals surface area (Å²) in [5.74, 6) is -1.41. The van der Waals surface area contributed by atoms with Crippen LogP contribution in [-0.2, 0) is 16.0 Å². The lowest BCUT2D eigenvalue weighted by Gasteiger charge is -2.22. The molecule has 9 heteroatoms. The molecule has 0 aromatic heterocycles. The Morgan fingerprint density at radius 2 is 1.87 bits per heavy atom. The van der Waals surface area contributed by atoms with Crippen LogP contribution in [0.15, 0.2) is 42.5 Å². The van der Waals surface area contributed by atoms with E-state index >= 15 is 0 Å². The Labute approximate surface area is 171 Å². The Morgan fingerprint density at radius 1 is 1.17 bits per heavy atom. The fourth-order valence-electron chi connectivity index (χ4n) is 2.95. The van der Waals surface area contributed by atoms with Crippen molar-refractivity contribution in [3.63, 3.8) is 0 Å². The summed E-state index contributed by atoms with van der Waals surface area (Å²) in [6.45, 7) is 5.00. The van der Waals surface area contributed by atoms with Gasteiger partial charge in [0.2, 0.25) is 0 Å². The van der Waals surface area contributed by atoms with Gasteiger partial charge in [-0.05, 0) is 38.0 Å². The standard InChI is InChI=1S/C21H21F2NO6/c1-20(2,3)30-19(27)24-15(18(25)26)11-12-6-4-7-13(10-12)14-8-5-9-16-17(14)29-21(22,23)28-16/h4-10,15H,11H2,1-3H3,(H,24,27)(H,25,26)/t15-/m1/s1. The lowest BCUT2D eigenvalue weighted by atomic mass is 9.98. The first-order valence-corrected chi connectivity index (χ1v) is 9.14. The molecule has 0 radical (unpaired) electrons. The van der Waals surface area contributed by atoms with Crippen molar-refractivity contribution in [3.05, 3.63) is 48.0 Å². The van der Waals surface area contributed by atoms with E-state index in [4.69, 9.17) is 4.74 Å². The molecular weight excluding hydrogens is 400 g/mol. The summed E-state index contributed by atoms with van der Waals surface area (Å²) >= 11 is 0. The molecule has 1 atom stereocenters. The molecule has 2 aromatic carbocycles. The number of amides is 1. The van der Waals surface area contributed by atoms with E-state index in [2.05, 4.69) is 14.8 Å². The number of alkyl carbamates (subject to hydrolysis) is 1. The SMILES string of the molecule is CC(C)(C)OC(=O)N[C@H](Cc1cccc(-c2cccc3c2OC(F)(F)O3)c1)C(=O)O. The van der Waals surface area contributed by atoms with E-state index in [1.54, 1.807) is 57.2 Å². The summed E-state index contributed by atoms with van der Waals surface area (Å²) in [5, 5.41) is 11.8. The van der Waals surface area contributed by atoms with E-state index in [0.717, 1.165) is 0 Å². The van der Waals surface area contributed by atoms with Crippen molar-refractivity contribution in [2.75, 3.05) is 0 Å². The molecule has 30 heavy (non-hydrogen) atoms. The molecule has 160 valence electrons. The molecule has 7 nitrogen and oxygen atoms in total. The molecule has 2 N–H and O–H groups in total. The zero-order chi connectivity index (χ0) is 22.1. The van der Waals surface area contributed by atoms with Gasteiger partial charge in [0.25, 0.3) is 0 Å². The number of alkyl halides is 2. The molecule has 0 unspecified atom stereocenters. The molecule has 3 rings (SSSR count). The van der Waals surface area contributed by atoms with Gasteiger partial charge in [0.15, 0.2) is 11.5 Å². The van der Waals surface area contributed by atoms with Gasteiger partial charge < -0.3 is 24.6 Å². The van der Waals surface area contributed by atoms with Crippen LogP contribution in [0.25, 0.3) is 11.1 Å². The fraction of sp³-hybridized carbons (Fsp3) is 0.333. The number of aliphatic carboxylic acids is 1. The largest absolute Gasteiger partial charge is 0.586 e. The van der Waals surface area contributed by atoms with E-state index in [1.807, 2.05) is 0 Å². The highest BCUT2D eigenvalue weighted by Crippen LogP contribution is 2.47. The van der Waals surface area contributed by atoms with E-state index in [0.29, 0.717) is 16.7 Å². The average molecular weight is 421 g/mol. The zero-order valence-electron chi connectivity index (χ0n) is 16.6. The van der Waals surface area contributed by atoms with Crippen LogP contribution in [-0.4, -0.2) is 35.1 Å². The van der Waals surface area contributed by atoms with Crippen molar-refractivity contribution in [1.82, 2.24) is 5.32 Å². The summed E-state index contributed by atoms with van der Waals surface area (Å²) in [4.78, 5) is 23.5. The number of carbonyl (C=O) groups excluding carboxylic acids is 1. The van der Waals surface area contributed by atoms with Crippen molar-refractivity contribution >= 4 is 12.1 Å². The number of benzene rings is 2. The average Bonchev–Trinajstić information content (AvgIpc) is 2.93. The van der Waals surface area contributed by atoms with Crippen LogP contribution in [0.2, 0.25) is 0 Å². The number of carboxylic acids is 1. The summed E-state index contributed by atoms with van der Waals surface area (Å²) in [5.41, 5.74) is 0.704. The minimum atomic E-state index is -3.75. The predicted octanol–water partition coefficient (Wildman–Crippen LogP) is 4.20. The predicted molar refractivity (Wildman–Crippen MR) is 103 cm³/mol. The number of fused-ring (bicyclic) bond motifs is 1. The first-order chi connectivity index (χ1) is 13.9. The van der Waals surface area contributed by atoms with Gasteiger partial charge in [0.05, 0.1) is 0 Å². The summed E-state index contributed by atoms with van der Waals surface area (Å²) in [6, 6.07) is 9.93. The Morgan fingerprint density at radius 3 is 2.53 bits per heavy atom. The van der Waals surface area contributed by atoms with Gasteiger partial charge in [-0.1, -0.05) is 36.4 Å². The molecule has 0 aliphatic carbocycles. The Balaban J connectivity index is 1.82. The zero-order valence-corrected chi connectivity index (χ0v) is 16.6. The molecule has 1 amide bonds. The summed E-state index contributed by atoms with van der Waals surface area (Å²) in [7, 11) is 0. The third-order valence-corrected chi connectivity index (χ3v) is 4.10. The Bertz CT molecular complexity index is 970. The van der Waals surface area contributed by atoms with E-state index in [1.165, 1.54) is 6.07 Å². The minimum absolute atomic E-state index is 0.0367. The number of nitrogens with one attached hydrogen (secondary N) is 1. The van der Waals surface area contributed by atoms with Gasteiger partial charge in [-0.25, -0.2) is 9.59 Å². The number of para-hydroxylation sites is 1. The highest BCUT2D eigenvalue weighted by atomic mass is 19.3. The number of rotatable bonds is 5. The second-order valence-corrected chi connectivity index (χ2v) is 7.74. The smallest absolute Gasteiger partial charge is 0.480 e. The van der Waals surface area contributed by atoms with Crippen molar-refractivity contribution in [3.8, 4) is 22.6 Å². The van der Waals surface area contributed by atoms with Gasteiger partial charge >= 0.3 is 18.4 Å². The van der Waals surface area contributed by atoms with Crippen LogP contribution in [0.5, 0.6) is 11.5 Å². The van der Waals surface area contributed by atoms with Gasteiger partial charge in [0, 0.05) is 12.0 Å². The van der Waals surface area contributed by atoms with E-state index < -0.39 is 30.0 Å². The maximum absolute atomic E-state index is 13.4. The van der Waals surface area contributed by atoms with Crippen LogP contribution >= 0.6 is 0 Å². The van der Waals surface area contributed by atoms with Gasteiger partial charge in [-0.15, -0.1) is 8.78 Å². The molecule has 0 fully saturated rings. The van der Waals surface area contributed by atoms with Gasteiger partial charge in [-0.2, -0.15) is 0 Å². The van der Waals surface area contributed by atoms with Crippen LogP contribution in [0.3, 0.4) is 0 Å². The Hall–Kier alpha value is -3.36. The first-order valence-electron chi connectivity index (χ1n) is 9.14. The summed E-state index contributed by atoms with van der Waals surface area (Å²) in [6.07, 6.45) is -4.63. The van der Waals surface area contributed by atoms with Gasteiger partial charge in [-0.3, -0.25) is 0 Å². The molecule has 2 aromatic rings. The van der Waals surface area contributed by atoms with Crippen LogP contribution in [0.1, 0.15) is 26.3 Å². The van der Waals surface area contributed by atoms with Crippen LogP contribution in [0.4, 0.5) is 13.6 Å². The van der Waals surface area contributed by atoms with Crippen LogP contribution in [0, 0.1) is 0 Å². The number of hydrogen-bond donors (Lipinski definition) is 2. The molecule has 1 aliphatic heterocycles. The molecular formula is C21H21F2NO6. The third-order valence-electron chi connectivity index (χ3n) is 4.10. The number of carboxylic acid groups (broad SMARTS) is 1. The normalized spacial score (nSPS) is 15.4. The lowest BCUT2D eigenvalue weighted by molar-refractivity contribution is -0.286. The third kappa shape index (κ3) is 5.16. The minimum Gasteiger partial charge on any atom is -0.480 e. The molecule has 1 aliphatic rings. The monoisotopic (exact) mass is 421 g/mol. The first kappa shape index (κ1) is 21.4. The van der Waals surface area contributed by atoms with Crippen LogP contribution < -0.4 is 14.8 Å². The molecule has 0 spiro atoms. The maximum atomic E-state index is 13.4. The van der Waals surface area contributed by atoms with Crippen molar-refractivity contribution in [2.45, 2.75) is 45.1 Å². The number of halogens is 2. The topological polar surface area (TPSA) is 94.1 Å². The molecule has 1 heterocycles. The second-order valence-electron chi connectivity index (χ2n) is 7.74.